The quantitative estimate of drug-likeness (QED) is 0.617. The van der Waals surface area contributed by atoms with E-state index in [1.165, 1.54) is 0 Å². The number of anilines is 1. The molecule has 0 aliphatic heterocycles. The summed E-state index contributed by atoms with van der Waals surface area (Å²) in [7, 11) is 0.260. The Kier molecular flexibility index (Phi) is 5.97. The second kappa shape index (κ2) is 8.28. The highest BCUT2D eigenvalue weighted by atomic mass is 32.2. The first kappa shape index (κ1) is 20.9. The molecule has 1 fully saturated rings. The van der Waals surface area contributed by atoms with Gasteiger partial charge in [0.1, 0.15) is 17.2 Å². The highest BCUT2D eigenvalue weighted by molar-refractivity contribution is 7.91. The van der Waals surface area contributed by atoms with Gasteiger partial charge in [-0.25, -0.2) is 13.4 Å². The van der Waals surface area contributed by atoms with Crippen LogP contribution < -0.4 is 4.90 Å². The van der Waals surface area contributed by atoms with E-state index in [9.17, 15) is 8.42 Å². The largest absolute Gasteiger partial charge is 0.357 e. The van der Waals surface area contributed by atoms with Crippen LogP contribution in [0.3, 0.4) is 0 Å². The van der Waals surface area contributed by atoms with Crippen molar-refractivity contribution in [2.45, 2.75) is 37.6 Å². The average molecular weight is 415 g/mol. The second-order valence-electron chi connectivity index (χ2n) is 6.86. The summed E-state index contributed by atoms with van der Waals surface area (Å²) in [5.41, 5.74) is 0.915. The standard InChI is InChI=1S/C20H26N6O2S/c1-6-13-21-15(7-2)19-23-24-20(26(19)5)18-16(29(27,28)8-3)11-12-17(22-18)25(4)14-9-10-14/h6-7,11-14H,1,8-10H2,2-5H3/b15-7-,21-13-. The van der Waals surface area contributed by atoms with E-state index in [4.69, 9.17) is 0 Å². The van der Waals surface area contributed by atoms with E-state index in [-0.39, 0.29) is 10.6 Å². The normalized spacial score (nSPS) is 15.1. The molecule has 0 aromatic carbocycles. The minimum atomic E-state index is -3.49. The smallest absolute Gasteiger partial charge is 0.184 e. The molecule has 2 aromatic heterocycles. The van der Waals surface area contributed by atoms with Gasteiger partial charge in [0.15, 0.2) is 21.5 Å². The van der Waals surface area contributed by atoms with Crippen LogP contribution in [-0.2, 0) is 16.9 Å². The van der Waals surface area contributed by atoms with Gasteiger partial charge in [0.2, 0.25) is 0 Å². The Morgan fingerprint density at radius 2 is 2.10 bits per heavy atom. The lowest BCUT2D eigenvalue weighted by molar-refractivity contribution is 0.597. The number of pyridine rings is 1. The van der Waals surface area contributed by atoms with E-state index in [0.29, 0.717) is 29.1 Å². The van der Waals surface area contributed by atoms with Crippen molar-refractivity contribution in [3.63, 3.8) is 0 Å². The van der Waals surface area contributed by atoms with Crippen LogP contribution in [0.15, 0.2) is 40.8 Å². The van der Waals surface area contributed by atoms with E-state index in [1.807, 2.05) is 20.0 Å². The van der Waals surface area contributed by atoms with E-state index in [0.717, 1.165) is 18.7 Å². The maximum atomic E-state index is 12.7. The van der Waals surface area contributed by atoms with Crippen molar-refractivity contribution < 1.29 is 8.42 Å². The summed E-state index contributed by atoms with van der Waals surface area (Å²) in [6.07, 6.45) is 7.18. The molecule has 0 atom stereocenters. The fraction of sp³-hybridized carbons (Fsp3) is 0.400. The summed E-state index contributed by atoms with van der Waals surface area (Å²) in [4.78, 5) is 11.2. The van der Waals surface area contributed by atoms with Crippen LogP contribution >= 0.6 is 0 Å². The van der Waals surface area contributed by atoms with E-state index < -0.39 is 9.84 Å². The van der Waals surface area contributed by atoms with Gasteiger partial charge < -0.3 is 9.47 Å². The molecule has 2 aromatic rings. The molecule has 0 N–H and O–H groups in total. The molecule has 3 rings (SSSR count). The van der Waals surface area contributed by atoms with Gasteiger partial charge in [0.05, 0.1) is 10.6 Å². The molecule has 2 heterocycles. The zero-order valence-electron chi connectivity index (χ0n) is 17.2. The van der Waals surface area contributed by atoms with Crippen LogP contribution in [0.25, 0.3) is 17.2 Å². The van der Waals surface area contributed by atoms with Gasteiger partial charge in [-0.2, -0.15) is 0 Å². The Balaban J connectivity index is 2.17. The molecule has 0 radical (unpaired) electrons. The van der Waals surface area contributed by atoms with Crippen molar-refractivity contribution in [1.82, 2.24) is 19.7 Å². The fourth-order valence-electron chi connectivity index (χ4n) is 3.00. The highest BCUT2D eigenvalue weighted by Crippen LogP contribution is 2.33. The molecule has 1 aliphatic carbocycles. The van der Waals surface area contributed by atoms with Crippen LogP contribution in [-0.4, -0.2) is 53.2 Å². The second-order valence-corrected chi connectivity index (χ2v) is 9.10. The molecule has 1 saturated carbocycles. The van der Waals surface area contributed by atoms with Crippen LogP contribution in [0.4, 0.5) is 5.82 Å². The molecule has 154 valence electrons. The monoisotopic (exact) mass is 414 g/mol. The van der Waals surface area contributed by atoms with Crippen molar-refractivity contribution in [3.8, 4) is 11.5 Å². The van der Waals surface area contributed by atoms with E-state index in [1.54, 1.807) is 43.0 Å². The minimum Gasteiger partial charge on any atom is -0.357 e. The van der Waals surface area contributed by atoms with E-state index >= 15 is 0 Å². The van der Waals surface area contributed by atoms with Crippen molar-refractivity contribution in [3.05, 3.63) is 36.7 Å². The molecule has 9 heteroatoms. The Hall–Kier alpha value is -2.81. The van der Waals surface area contributed by atoms with Crippen molar-refractivity contribution in [2.24, 2.45) is 12.0 Å². The third kappa shape index (κ3) is 4.14. The van der Waals surface area contributed by atoms with Crippen molar-refractivity contribution in [1.29, 1.82) is 0 Å². The molecular formula is C20H26N6O2S. The highest BCUT2D eigenvalue weighted by Gasteiger charge is 2.29. The summed E-state index contributed by atoms with van der Waals surface area (Å²) in [6, 6.07) is 3.82. The number of hydrogen-bond donors (Lipinski definition) is 0. The lowest BCUT2D eigenvalue weighted by Crippen LogP contribution is -2.21. The minimum absolute atomic E-state index is 0.0199. The summed E-state index contributed by atoms with van der Waals surface area (Å²) in [6.45, 7) is 7.09. The predicted molar refractivity (Wildman–Crippen MR) is 116 cm³/mol. The summed E-state index contributed by atoms with van der Waals surface area (Å²) in [5, 5.41) is 8.49. The van der Waals surface area contributed by atoms with Gasteiger partial charge in [-0.1, -0.05) is 25.7 Å². The number of aliphatic imine (C=N–C) groups is 1. The summed E-state index contributed by atoms with van der Waals surface area (Å²) in [5.74, 6) is 1.60. The SMILES string of the molecule is C=C/C=N\C(=C/C)c1nnc(-c2nc(N(C)C3CC3)ccc2S(=O)(=O)CC)n1C. The number of allylic oxidation sites excluding steroid dienone is 2. The molecule has 0 amide bonds. The fourth-order valence-corrected chi connectivity index (χ4v) is 4.02. The third-order valence-electron chi connectivity index (χ3n) is 4.92. The number of rotatable bonds is 8. The predicted octanol–water partition coefficient (Wildman–Crippen LogP) is 2.89. The zero-order chi connectivity index (χ0) is 21.2. The summed E-state index contributed by atoms with van der Waals surface area (Å²) < 4.78 is 27.1. The van der Waals surface area contributed by atoms with Gasteiger partial charge in [0, 0.05) is 26.4 Å². The molecule has 0 unspecified atom stereocenters. The molecule has 1 aliphatic rings. The number of nitrogens with zero attached hydrogens (tertiary/aromatic N) is 6. The first-order valence-electron chi connectivity index (χ1n) is 9.52. The molecule has 0 saturated heterocycles. The number of hydrogen-bond acceptors (Lipinski definition) is 7. The zero-order valence-corrected chi connectivity index (χ0v) is 18.0. The van der Waals surface area contributed by atoms with Crippen molar-refractivity contribution in [2.75, 3.05) is 17.7 Å². The van der Waals surface area contributed by atoms with Gasteiger partial charge in [-0.3, -0.25) is 4.99 Å². The first-order chi connectivity index (χ1) is 13.8. The number of sulfone groups is 1. The molecule has 8 nitrogen and oxygen atoms in total. The number of aromatic nitrogens is 4. The van der Waals surface area contributed by atoms with Crippen LogP contribution in [0.1, 0.15) is 32.5 Å². The van der Waals surface area contributed by atoms with Gasteiger partial charge >= 0.3 is 0 Å². The summed E-state index contributed by atoms with van der Waals surface area (Å²) >= 11 is 0. The van der Waals surface area contributed by atoms with Crippen LogP contribution in [0.5, 0.6) is 0 Å². The van der Waals surface area contributed by atoms with Crippen molar-refractivity contribution >= 4 is 27.6 Å². The van der Waals surface area contributed by atoms with Gasteiger partial charge in [0.25, 0.3) is 0 Å². The van der Waals surface area contributed by atoms with Crippen LogP contribution in [0.2, 0.25) is 0 Å². The van der Waals surface area contributed by atoms with Gasteiger partial charge in [-0.15, -0.1) is 10.2 Å². The average Bonchev–Trinajstić information content (AvgIpc) is 3.51. The molecule has 0 spiro atoms. The molecule has 29 heavy (non-hydrogen) atoms. The topological polar surface area (TPSA) is 93.3 Å². The Morgan fingerprint density at radius 3 is 2.69 bits per heavy atom. The maximum Gasteiger partial charge on any atom is 0.184 e. The third-order valence-corrected chi connectivity index (χ3v) is 6.68. The maximum absolute atomic E-state index is 12.7. The van der Waals surface area contributed by atoms with Crippen LogP contribution in [0, 0.1) is 0 Å². The lowest BCUT2D eigenvalue weighted by atomic mass is 10.3. The Labute approximate surface area is 171 Å². The molecular weight excluding hydrogens is 388 g/mol. The Bertz CT molecular complexity index is 1080. The van der Waals surface area contributed by atoms with Gasteiger partial charge in [-0.05, 0) is 31.9 Å². The lowest BCUT2D eigenvalue weighted by Gasteiger charge is -2.19. The van der Waals surface area contributed by atoms with E-state index in [2.05, 4.69) is 31.7 Å². The Morgan fingerprint density at radius 1 is 1.38 bits per heavy atom. The first-order valence-corrected chi connectivity index (χ1v) is 11.2. The molecule has 0 bridgehead atoms.